The molecule has 2 atom stereocenters. The molecule has 0 radical (unpaired) electrons. The highest BCUT2D eigenvalue weighted by Gasteiger charge is 2.43. The fourth-order valence-electron chi connectivity index (χ4n) is 4.16. The summed E-state index contributed by atoms with van der Waals surface area (Å²) in [5.41, 5.74) is 1.05. The molecule has 2 aliphatic rings. The summed E-state index contributed by atoms with van der Waals surface area (Å²) in [6.45, 7) is 9.27. The maximum Gasteiger partial charge on any atom is 0.327 e. The monoisotopic (exact) mass is 373 g/mol. The number of likely N-dealkylation sites (tertiary alicyclic amines) is 1. The minimum absolute atomic E-state index is 0.00825. The second-order valence-corrected chi connectivity index (χ2v) is 7.57. The third-order valence-corrected chi connectivity index (χ3v) is 5.53. The van der Waals surface area contributed by atoms with Crippen molar-refractivity contribution in [2.75, 3.05) is 39.4 Å². The molecule has 6 nitrogen and oxygen atoms in total. The summed E-state index contributed by atoms with van der Waals surface area (Å²) in [7, 11) is 0. The van der Waals surface area contributed by atoms with Crippen molar-refractivity contribution in [3.8, 4) is 0 Å². The second kappa shape index (κ2) is 9.33. The Balaban J connectivity index is 1.55. The summed E-state index contributed by atoms with van der Waals surface area (Å²) >= 11 is 0. The molecule has 148 valence electrons. The smallest absolute Gasteiger partial charge is 0.327 e. The lowest BCUT2D eigenvalue weighted by Gasteiger charge is -2.40. The van der Waals surface area contributed by atoms with Crippen LogP contribution in [0.2, 0.25) is 0 Å². The molecule has 0 aliphatic carbocycles. The third kappa shape index (κ3) is 4.87. The summed E-state index contributed by atoms with van der Waals surface area (Å²) in [6.07, 6.45) is 1.88. The van der Waals surface area contributed by atoms with Crippen LogP contribution < -0.4 is 0 Å². The number of piperidine rings is 1. The van der Waals surface area contributed by atoms with Crippen LogP contribution >= 0.6 is 0 Å². The first-order valence-electron chi connectivity index (χ1n) is 10.0. The van der Waals surface area contributed by atoms with Gasteiger partial charge < -0.3 is 14.5 Å². The molecule has 6 heteroatoms. The molecule has 0 unspecified atom stereocenters. The number of ether oxygens (including phenoxy) is 1. The number of amides is 3. The summed E-state index contributed by atoms with van der Waals surface area (Å²) < 4.78 is 5.41. The molecule has 3 rings (SSSR count). The highest BCUT2D eigenvalue weighted by molar-refractivity contribution is 6.02. The number of imide groups is 1. The average Bonchev–Trinajstić information content (AvgIpc) is 2.93. The van der Waals surface area contributed by atoms with Crippen molar-refractivity contribution in [1.82, 2.24) is 14.7 Å². The molecular formula is C21H31N3O3. The molecular weight excluding hydrogens is 342 g/mol. The Bertz CT molecular complexity index is 637. The van der Waals surface area contributed by atoms with Crippen LogP contribution in [0.15, 0.2) is 30.3 Å². The lowest BCUT2D eigenvalue weighted by Crippen LogP contribution is -2.52. The summed E-state index contributed by atoms with van der Waals surface area (Å²) in [5, 5.41) is 0. The van der Waals surface area contributed by atoms with Crippen LogP contribution in [-0.2, 0) is 16.1 Å². The number of benzene rings is 1. The van der Waals surface area contributed by atoms with E-state index in [4.69, 9.17) is 4.74 Å². The van der Waals surface area contributed by atoms with Gasteiger partial charge in [-0.15, -0.1) is 0 Å². The quantitative estimate of drug-likeness (QED) is 0.519. The Morgan fingerprint density at radius 3 is 2.67 bits per heavy atom. The number of rotatable bonds is 8. The fourth-order valence-corrected chi connectivity index (χ4v) is 4.16. The molecule has 3 amide bonds. The van der Waals surface area contributed by atoms with Crippen molar-refractivity contribution in [3.63, 3.8) is 0 Å². The van der Waals surface area contributed by atoms with Gasteiger partial charge in [-0.05, 0) is 31.2 Å². The molecule has 2 saturated heterocycles. The summed E-state index contributed by atoms with van der Waals surface area (Å²) in [5.74, 6) is 0.230. The standard InChI is InChI=1S/C21H31N3O3/c1-3-27-13-7-11-22-12-10-19(17(2)14-22)24-20(25)16-23(21(24)26)15-18-8-5-4-6-9-18/h4-6,8-9,17,19H,3,7,10-16H2,1-2H3/t17-,19-/m0/s1. The molecule has 0 saturated carbocycles. The number of hydrogen-bond donors (Lipinski definition) is 0. The predicted octanol–water partition coefficient (Wildman–Crippen LogP) is 2.59. The Kier molecular flexibility index (Phi) is 6.85. The van der Waals surface area contributed by atoms with Crippen LogP contribution in [0, 0.1) is 5.92 Å². The topological polar surface area (TPSA) is 53.1 Å². The van der Waals surface area contributed by atoms with Crippen molar-refractivity contribution < 1.29 is 14.3 Å². The van der Waals surface area contributed by atoms with Gasteiger partial charge in [0.2, 0.25) is 0 Å². The molecule has 1 aromatic carbocycles. The first-order valence-corrected chi connectivity index (χ1v) is 10.0. The van der Waals surface area contributed by atoms with Gasteiger partial charge in [0.15, 0.2) is 0 Å². The van der Waals surface area contributed by atoms with E-state index >= 15 is 0 Å². The van der Waals surface area contributed by atoms with Crippen LogP contribution in [0.25, 0.3) is 0 Å². The molecule has 0 aromatic heterocycles. The summed E-state index contributed by atoms with van der Waals surface area (Å²) in [6, 6.07) is 9.72. The molecule has 2 heterocycles. The van der Waals surface area contributed by atoms with Gasteiger partial charge in [0, 0.05) is 45.4 Å². The largest absolute Gasteiger partial charge is 0.382 e. The fraction of sp³-hybridized carbons (Fsp3) is 0.619. The van der Waals surface area contributed by atoms with Crippen molar-refractivity contribution >= 4 is 11.9 Å². The van der Waals surface area contributed by atoms with E-state index < -0.39 is 0 Å². The first kappa shape index (κ1) is 19.8. The van der Waals surface area contributed by atoms with Crippen LogP contribution in [-0.4, -0.2) is 72.1 Å². The highest BCUT2D eigenvalue weighted by Crippen LogP contribution is 2.27. The number of urea groups is 1. The van der Waals surface area contributed by atoms with E-state index in [9.17, 15) is 9.59 Å². The van der Waals surface area contributed by atoms with Crippen LogP contribution in [0.4, 0.5) is 4.79 Å². The zero-order valence-corrected chi connectivity index (χ0v) is 16.5. The van der Waals surface area contributed by atoms with Gasteiger partial charge in [0.1, 0.15) is 6.54 Å². The predicted molar refractivity (Wildman–Crippen MR) is 104 cm³/mol. The van der Waals surface area contributed by atoms with Crippen molar-refractivity contribution in [3.05, 3.63) is 35.9 Å². The lowest BCUT2D eigenvalue weighted by atomic mass is 9.92. The Morgan fingerprint density at radius 1 is 1.19 bits per heavy atom. The number of carbonyl (C=O) groups is 2. The number of hydrogen-bond acceptors (Lipinski definition) is 4. The maximum absolute atomic E-state index is 12.9. The Labute approximate surface area is 162 Å². The maximum atomic E-state index is 12.9. The van der Waals surface area contributed by atoms with Gasteiger partial charge in [-0.3, -0.25) is 9.69 Å². The van der Waals surface area contributed by atoms with E-state index in [0.29, 0.717) is 6.54 Å². The van der Waals surface area contributed by atoms with Crippen LogP contribution in [0.1, 0.15) is 32.3 Å². The van der Waals surface area contributed by atoms with E-state index in [1.54, 1.807) is 4.90 Å². The minimum atomic E-state index is -0.134. The zero-order chi connectivity index (χ0) is 19.2. The molecule has 2 aliphatic heterocycles. The average molecular weight is 373 g/mol. The van der Waals surface area contributed by atoms with Crippen molar-refractivity contribution in [2.45, 2.75) is 39.3 Å². The third-order valence-electron chi connectivity index (χ3n) is 5.53. The molecule has 2 fully saturated rings. The highest BCUT2D eigenvalue weighted by atomic mass is 16.5. The lowest BCUT2D eigenvalue weighted by molar-refractivity contribution is -0.128. The normalized spacial score (nSPS) is 24.1. The molecule has 0 N–H and O–H groups in total. The Morgan fingerprint density at radius 2 is 1.96 bits per heavy atom. The number of nitrogens with zero attached hydrogens (tertiary/aromatic N) is 3. The Hall–Kier alpha value is -1.92. The molecule has 1 aromatic rings. The SMILES string of the molecule is CCOCCCN1CC[C@H](N2C(=O)CN(Cc3ccccc3)C2=O)[C@@H](C)C1. The molecule has 0 spiro atoms. The van der Waals surface area contributed by atoms with Gasteiger partial charge >= 0.3 is 6.03 Å². The number of carbonyl (C=O) groups excluding carboxylic acids is 2. The van der Waals surface area contributed by atoms with E-state index in [1.165, 1.54) is 4.90 Å². The van der Waals surface area contributed by atoms with Gasteiger partial charge in [0.05, 0.1) is 0 Å². The molecule has 0 bridgehead atoms. The molecule has 27 heavy (non-hydrogen) atoms. The van der Waals surface area contributed by atoms with Gasteiger partial charge in [-0.25, -0.2) is 4.79 Å². The van der Waals surface area contributed by atoms with Gasteiger partial charge in [-0.1, -0.05) is 37.3 Å². The van der Waals surface area contributed by atoms with E-state index in [0.717, 1.165) is 51.3 Å². The second-order valence-electron chi connectivity index (χ2n) is 7.57. The van der Waals surface area contributed by atoms with Crippen molar-refractivity contribution in [2.24, 2.45) is 5.92 Å². The first-order chi connectivity index (χ1) is 13.1. The minimum Gasteiger partial charge on any atom is -0.382 e. The van der Waals surface area contributed by atoms with Crippen LogP contribution in [0.3, 0.4) is 0 Å². The van der Waals surface area contributed by atoms with E-state index in [-0.39, 0.29) is 30.4 Å². The van der Waals surface area contributed by atoms with Gasteiger partial charge in [0.25, 0.3) is 5.91 Å². The van der Waals surface area contributed by atoms with Crippen molar-refractivity contribution in [1.29, 1.82) is 0 Å². The summed E-state index contributed by atoms with van der Waals surface area (Å²) in [4.78, 5) is 31.1. The van der Waals surface area contributed by atoms with E-state index in [2.05, 4.69) is 11.8 Å². The van der Waals surface area contributed by atoms with Gasteiger partial charge in [-0.2, -0.15) is 0 Å². The van der Waals surface area contributed by atoms with Crippen LogP contribution in [0.5, 0.6) is 0 Å². The zero-order valence-electron chi connectivity index (χ0n) is 16.5. The van der Waals surface area contributed by atoms with E-state index in [1.807, 2.05) is 37.3 Å².